The Morgan fingerprint density at radius 3 is 2.48 bits per heavy atom. The Balaban J connectivity index is 1.61. The second kappa shape index (κ2) is 7.57. The van der Waals surface area contributed by atoms with Crippen LogP contribution in [0.25, 0.3) is 0 Å². The number of anilines is 1. The maximum Gasteiger partial charge on any atom is 0.319 e. The summed E-state index contributed by atoms with van der Waals surface area (Å²) in [5.41, 5.74) is 1.54. The van der Waals surface area contributed by atoms with Crippen molar-refractivity contribution in [1.82, 2.24) is 10.2 Å². The predicted octanol–water partition coefficient (Wildman–Crippen LogP) is 3.19. The molecule has 4 amide bonds. The van der Waals surface area contributed by atoms with Gasteiger partial charge in [0.15, 0.2) is 0 Å². The Morgan fingerprint density at radius 2 is 1.78 bits per heavy atom. The smallest absolute Gasteiger partial charge is 0.319 e. The molecule has 0 bridgehead atoms. The van der Waals surface area contributed by atoms with E-state index in [1.54, 1.807) is 38.1 Å². The van der Waals surface area contributed by atoms with Crippen LogP contribution in [-0.4, -0.2) is 35.3 Å². The third-order valence-corrected chi connectivity index (χ3v) is 4.33. The molecule has 140 valence electrons. The van der Waals surface area contributed by atoms with E-state index in [1.165, 1.54) is 23.1 Å². The van der Waals surface area contributed by atoms with Crippen LogP contribution in [0.4, 0.5) is 14.9 Å². The number of hydrogen-bond acceptors (Lipinski definition) is 3. The molecule has 2 aromatic rings. The van der Waals surface area contributed by atoms with Crippen LogP contribution < -0.4 is 10.6 Å². The summed E-state index contributed by atoms with van der Waals surface area (Å²) in [6.45, 7) is 3.80. The molecule has 0 radical (unpaired) electrons. The Bertz CT molecular complexity index is 911. The summed E-state index contributed by atoms with van der Waals surface area (Å²) in [4.78, 5) is 37.9. The van der Waals surface area contributed by atoms with E-state index in [0.29, 0.717) is 23.2 Å². The largest absolute Gasteiger partial charge is 0.338 e. The van der Waals surface area contributed by atoms with Crippen LogP contribution >= 0.6 is 0 Å². The molecule has 0 spiro atoms. The molecule has 1 aliphatic rings. The van der Waals surface area contributed by atoms with Crippen LogP contribution in [0.1, 0.15) is 40.1 Å². The molecule has 0 fully saturated rings. The van der Waals surface area contributed by atoms with Gasteiger partial charge >= 0.3 is 6.03 Å². The van der Waals surface area contributed by atoms with E-state index in [2.05, 4.69) is 10.6 Å². The molecular weight excluding hydrogens is 349 g/mol. The van der Waals surface area contributed by atoms with Crippen molar-refractivity contribution in [2.24, 2.45) is 0 Å². The zero-order valence-corrected chi connectivity index (χ0v) is 15.1. The lowest BCUT2D eigenvalue weighted by Crippen LogP contribution is -2.35. The van der Waals surface area contributed by atoms with E-state index in [1.807, 2.05) is 0 Å². The summed E-state index contributed by atoms with van der Waals surface area (Å²) in [7, 11) is 0. The van der Waals surface area contributed by atoms with Crippen molar-refractivity contribution in [1.29, 1.82) is 0 Å². The molecule has 27 heavy (non-hydrogen) atoms. The number of nitrogens with zero attached hydrogens (tertiary/aromatic N) is 1. The van der Waals surface area contributed by atoms with Crippen molar-refractivity contribution in [3.8, 4) is 0 Å². The van der Waals surface area contributed by atoms with Gasteiger partial charge in [0.2, 0.25) is 0 Å². The summed E-state index contributed by atoms with van der Waals surface area (Å²) in [5.74, 6) is -1.00. The molecular formula is C20H20FN3O3. The standard InChI is InChI=1S/C20H20FN3O3/c1-12(2)24-18(25)15-8-7-14(11-16(15)19(24)26)23-20(27)22-10-9-13-5-3-4-6-17(13)21/h3-8,11-12H,9-10H2,1-2H3,(H2,22,23,27). The second-order valence-electron chi connectivity index (χ2n) is 6.56. The number of amides is 4. The van der Waals surface area contributed by atoms with E-state index >= 15 is 0 Å². The number of hydrogen-bond donors (Lipinski definition) is 2. The van der Waals surface area contributed by atoms with E-state index in [4.69, 9.17) is 0 Å². The van der Waals surface area contributed by atoms with Crippen molar-refractivity contribution < 1.29 is 18.8 Å². The molecule has 0 saturated heterocycles. The van der Waals surface area contributed by atoms with Crippen LogP contribution in [0.5, 0.6) is 0 Å². The highest BCUT2D eigenvalue weighted by atomic mass is 19.1. The number of carbonyl (C=O) groups is 3. The Labute approximate surface area is 156 Å². The van der Waals surface area contributed by atoms with Gasteiger partial charge in [-0.05, 0) is 50.1 Å². The Hall–Kier alpha value is -3.22. The second-order valence-corrected chi connectivity index (χ2v) is 6.56. The van der Waals surface area contributed by atoms with E-state index in [-0.39, 0.29) is 35.8 Å². The number of carbonyl (C=O) groups excluding carboxylic acids is 3. The molecule has 2 N–H and O–H groups in total. The summed E-state index contributed by atoms with van der Waals surface area (Å²) in [5, 5.41) is 5.27. The van der Waals surface area contributed by atoms with Crippen molar-refractivity contribution in [3.63, 3.8) is 0 Å². The SMILES string of the molecule is CC(C)N1C(=O)c2ccc(NC(=O)NCCc3ccccc3F)cc2C1=O. The summed E-state index contributed by atoms with van der Waals surface area (Å²) in [6, 6.07) is 10.3. The topological polar surface area (TPSA) is 78.5 Å². The van der Waals surface area contributed by atoms with E-state index < -0.39 is 6.03 Å². The molecule has 6 nitrogen and oxygen atoms in total. The average molecular weight is 369 g/mol. The first kappa shape index (κ1) is 18.6. The van der Waals surface area contributed by atoms with Gasteiger partial charge in [-0.1, -0.05) is 18.2 Å². The molecule has 0 aliphatic carbocycles. The zero-order chi connectivity index (χ0) is 19.6. The number of halogens is 1. The zero-order valence-electron chi connectivity index (χ0n) is 15.1. The van der Waals surface area contributed by atoms with Gasteiger partial charge in [0.1, 0.15) is 5.82 Å². The van der Waals surface area contributed by atoms with Crippen molar-refractivity contribution >= 4 is 23.5 Å². The van der Waals surface area contributed by atoms with Crippen molar-refractivity contribution in [2.75, 3.05) is 11.9 Å². The third-order valence-electron chi connectivity index (χ3n) is 4.33. The fourth-order valence-electron chi connectivity index (χ4n) is 2.99. The Morgan fingerprint density at radius 1 is 1.07 bits per heavy atom. The normalized spacial score (nSPS) is 13.1. The quantitative estimate of drug-likeness (QED) is 0.795. The maximum absolute atomic E-state index is 13.6. The van der Waals surface area contributed by atoms with Gasteiger partial charge in [-0.15, -0.1) is 0 Å². The molecule has 0 unspecified atom stereocenters. The van der Waals surface area contributed by atoms with Gasteiger partial charge in [0, 0.05) is 18.3 Å². The third kappa shape index (κ3) is 3.81. The van der Waals surface area contributed by atoms with Gasteiger partial charge in [-0.2, -0.15) is 0 Å². The van der Waals surface area contributed by atoms with E-state index in [0.717, 1.165) is 0 Å². The van der Waals surface area contributed by atoms with Gasteiger partial charge in [0.05, 0.1) is 11.1 Å². The van der Waals surface area contributed by atoms with Crippen molar-refractivity contribution in [3.05, 3.63) is 65.0 Å². The lowest BCUT2D eigenvalue weighted by atomic mass is 10.1. The number of imide groups is 1. The molecule has 2 aromatic carbocycles. The van der Waals surface area contributed by atoms with Crippen molar-refractivity contribution in [2.45, 2.75) is 26.3 Å². The molecule has 1 aliphatic heterocycles. The fraction of sp³-hybridized carbons (Fsp3) is 0.250. The van der Waals surface area contributed by atoms with Gasteiger partial charge in [-0.3, -0.25) is 14.5 Å². The van der Waals surface area contributed by atoms with Crippen LogP contribution in [0, 0.1) is 5.82 Å². The minimum Gasteiger partial charge on any atom is -0.338 e. The lowest BCUT2D eigenvalue weighted by Gasteiger charge is -2.17. The van der Waals surface area contributed by atoms with Gasteiger partial charge in [-0.25, -0.2) is 9.18 Å². The number of urea groups is 1. The van der Waals surface area contributed by atoms with Crippen LogP contribution in [0.15, 0.2) is 42.5 Å². The lowest BCUT2D eigenvalue weighted by molar-refractivity contribution is 0.0609. The molecule has 0 atom stereocenters. The molecule has 0 saturated carbocycles. The first-order valence-electron chi connectivity index (χ1n) is 8.68. The maximum atomic E-state index is 13.6. The molecule has 7 heteroatoms. The summed E-state index contributed by atoms with van der Waals surface area (Å²) in [6.07, 6.45) is 0.362. The van der Waals surface area contributed by atoms with Gasteiger partial charge in [0.25, 0.3) is 11.8 Å². The first-order chi connectivity index (χ1) is 12.9. The predicted molar refractivity (Wildman–Crippen MR) is 99.2 cm³/mol. The highest BCUT2D eigenvalue weighted by Gasteiger charge is 2.37. The van der Waals surface area contributed by atoms with Gasteiger partial charge < -0.3 is 10.6 Å². The highest BCUT2D eigenvalue weighted by Crippen LogP contribution is 2.27. The summed E-state index contributed by atoms with van der Waals surface area (Å²) < 4.78 is 13.6. The van der Waals surface area contributed by atoms with E-state index in [9.17, 15) is 18.8 Å². The first-order valence-corrected chi connectivity index (χ1v) is 8.68. The van der Waals surface area contributed by atoms with Crippen LogP contribution in [0.3, 0.4) is 0 Å². The average Bonchev–Trinajstić information content (AvgIpc) is 2.87. The Kier molecular flexibility index (Phi) is 5.21. The summed E-state index contributed by atoms with van der Waals surface area (Å²) >= 11 is 0. The number of rotatable bonds is 5. The molecule has 3 rings (SSSR count). The minimum absolute atomic E-state index is 0.240. The number of fused-ring (bicyclic) bond motifs is 1. The van der Waals surface area contributed by atoms with Crippen LogP contribution in [0.2, 0.25) is 0 Å². The number of nitrogens with one attached hydrogen (secondary N) is 2. The highest BCUT2D eigenvalue weighted by molar-refractivity contribution is 6.22. The van der Waals surface area contributed by atoms with Crippen LogP contribution in [-0.2, 0) is 6.42 Å². The fourth-order valence-corrected chi connectivity index (χ4v) is 2.99. The molecule has 1 heterocycles. The number of benzene rings is 2. The minimum atomic E-state index is -0.469. The monoisotopic (exact) mass is 369 g/mol. The molecule has 0 aromatic heterocycles.